The van der Waals surface area contributed by atoms with Crippen LogP contribution in [-0.2, 0) is 15.6 Å². The molecule has 2 radical (unpaired) electrons. The van der Waals surface area contributed by atoms with Crippen molar-refractivity contribution in [3.8, 4) is 0 Å². The highest BCUT2D eigenvalue weighted by molar-refractivity contribution is 7.08. The van der Waals surface area contributed by atoms with Gasteiger partial charge < -0.3 is 4.43 Å². The van der Waals surface area contributed by atoms with Gasteiger partial charge in [0.05, 0.1) is 6.42 Å². The van der Waals surface area contributed by atoms with E-state index < -0.39 is 0 Å². The van der Waals surface area contributed by atoms with E-state index in [9.17, 15) is 4.79 Å². The molecule has 0 aliphatic rings. The first-order valence-electron chi connectivity index (χ1n) is 4.86. The molecule has 0 N–H and O–H groups in total. The molecule has 2 nitrogen and oxygen atoms in total. The van der Waals surface area contributed by atoms with Crippen molar-refractivity contribution in [2.45, 2.75) is 6.42 Å². The van der Waals surface area contributed by atoms with Crippen LogP contribution >= 0.6 is 11.3 Å². The number of benzene rings is 1. The van der Waals surface area contributed by atoms with E-state index in [0.717, 1.165) is 10.8 Å². The number of hydrogen-bond acceptors (Lipinski definition) is 3. The van der Waals surface area contributed by atoms with Crippen LogP contribution in [0.1, 0.15) is 5.56 Å². The first kappa shape index (κ1) is 11.1. The average molecular weight is 246 g/mol. The van der Waals surface area contributed by atoms with Crippen molar-refractivity contribution < 1.29 is 9.22 Å². The maximum atomic E-state index is 11.5. The highest BCUT2D eigenvalue weighted by Gasteiger charge is 2.06. The summed E-state index contributed by atoms with van der Waals surface area (Å²) in [5.41, 5.74) is 1.02. The van der Waals surface area contributed by atoms with E-state index in [4.69, 9.17) is 4.43 Å². The van der Waals surface area contributed by atoms with Crippen molar-refractivity contribution in [1.29, 1.82) is 0 Å². The van der Waals surface area contributed by atoms with Crippen molar-refractivity contribution >= 4 is 32.3 Å². The molecule has 0 bridgehead atoms. The molecule has 1 aromatic carbocycles. The first-order chi connectivity index (χ1) is 7.84. The van der Waals surface area contributed by atoms with Gasteiger partial charge in [-0.25, -0.2) is 0 Å². The van der Waals surface area contributed by atoms with Crippen LogP contribution in [0, 0.1) is 0 Å². The molecule has 0 fully saturated rings. The first-order valence-corrected chi connectivity index (χ1v) is 6.71. The SMILES string of the molecule is O=C(Cc1ccsc1)O[Si]c1ccccc1. The topological polar surface area (TPSA) is 26.3 Å². The van der Waals surface area contributed by atoms with E-state index in [1.54, 1.807) is 11.3 Å². The Morgan fingerprint density at radius 1 is 1.25 bits per heavy atom. The zero-order valence-corrected chi connectivity index (χ0v) is 10.4. The minimum atomic E-state index is -0.166. The molecule has 1 aromatic heterocycles. The smallest absolute Gasteiger partial charge is 0.355 e. The summed E-state index contributed by atoms with van der Waals surface area (Å²) in [7, 11) is 0.0999. The molecule has 16 heavy (non-hydrogen) atoms. The van der Waals surface area contributed by atoms with E-state index in [0.29, 0.717) is 6.42 Å². The Morgan fingerprint density at radius 2 is 2.06 bits per heavy atom. The average Bonchev–Trinajstić information content (AvgIpc) is 2.81. The van der Waals surface area contributed by atoms with Crippen LogP contribution in [0.5, 0.6) is 0 Å². The second-order valence-corrected chi connectivity index (χ2v) is 5.02. The largest absolute Gasteiger partial charge is 0.511 e. The Hall–Kier alpha value is -1.39. The minimum absolute atomic E-state index is 0.0999. The van der Waals surface area contributed by atoms with Gasteiger partial charge in [0, 0.05) is 0 Å². The standard InChI is InChI=1S/C12H10O2SSi/c13-12(8-10-6-7-15-9-10)14-16-11-4-2-1-3-5-11/h1-7,9H,8H2. The predicted octanol–water partition coefficient (Wildman–Crippen LogP) is 1.78. The van der Waals surface area contributed by atoms with E-state index in [1.807, 2.05) is 47.2 Å². The summed E-state index contributed by atoms with van der Waals surface area (Å²) < 4.78 is 5.19. The lowest BCUT2D eigenvalue weighted by molar-refractivity contribution is -0.133. The van der Waals surface area contributed by atoms with Crippen LogP contribution in [0.15, 0.2) is 47.2 Å². The van der Waals surface area contributed by atoms with Crippen LogP contribution < -0.4 is 5.19 Å². The Balaban J connectivity index is 1.80. The highest BCUT2D eigenvalue weighted by Crippen LogP contribution is 2.06. The lowest BCUT2D eigenvalue weighted by atomic mass is 10.2. The molecule has 2 aromatic rings. The maximum absolute atomic E-state index is 11.5. The van der Waals surface area contributed by atoms with Gasteiger partial charge in [-0.1, -0.05) is 30.3 Å². The second kappa shape index (κ2) is 5.63. The normalized spacial score (nSPS) is 10.0. The van der Waals surface area contributed by atoms with Crippen molar-refractivity contribution in [3.63, 3.8) is 0 Å². The Labute approximate surface area is 101 Å². The van der Waals surface area contributed by atoms with E-state index >= 15 is 0 Å². The predicted molar refractivity (Wildman–Crippen MR) is 65.9 cm³/mol. The van der Waals surface area contributed by atoms with E-state index in [-0.39, 0.29) is 15.7 Å². The van der Waals surface area contributed by atoms with Gasteiger partial charge >= 0.3 is 9.76 Å². The second-order valence-electron chi connectivity index (χ2n) is 3.25. The van der Waals surface area contributed by atoms with Gasteiger partial charge in [0.25, 0.3) is 5.97 Å². The lowest BCUT2D eigenvalue weighted by Crippen LogP contribution is -2.21. The number of carbonyl (C=O) groups excluding carboxylic acids is 1. The zero-order chi connectivity index (χ0) is 11.2. The van der Waals surface area contributed by atoms with Crippen LogP contribution in [0.3, 0.4) is 0 Å². The van der Waals surface area contributed by atoms with Crippen LogP contribution in [0.25, 0.3) is 0 Å². The third-order valence-corrected chi connectivity index (χ3v) is 3.62. The molecule has 0 saturated carbocycles. The van der Waals surface area contributed by atoms with Crippen LogP contribution in [0.4, 0.5) is 0 Å². The summed E-state index contributed by atoms with van der Waals surface area (Å²) in [5, 5.41) is 4.97. The number of rotatable bonds is 4. The van der Waals surface area contributed by atoms with Gasteiger partial charge in [0.15, 0.2) is 0 Å². The van der Waals surface area contributed by atoms with Crippen LogP contribution in [0.2, 0.25) is 0 Å². The Morgan fingerprint density at radius 3 is 2.75 bits per heavy atom. The number of thiophene rings is 1. The molecule has 4 heteroatoms. The molecule has 1 heterocycles. The van der Waals surface area contributed by atoms with Gasteiger partial charge in [0.2, 0.25) is 0 Å². The molecule has 2 rings (SSSR count). The molecular weight excluding hydrogens is 236 g/mol. The van der Waals surface area contributed by atoms with Crippen molar-refractivity contribution in [2.75, 3.05) is 0 Å². The molecular formula is C12H10O2SSi. The molecule has 0 amide bonds. The van der Waals surface area contributed by atoms with Gasteiger partial charge in [-0.05, 0) is 27.6 Å². The van der Waals surface area contributed by atoms with Crippen molar-refractivity contribution in [2.24, 2.45) is 0 Å². The minimum Gasteiger partial charge on any atom is -0.511 e. The van der Waals surface area contributed by atoms with Crippen molar-refractivity contribution in [1.82, 2.24) is 0 Å². The van der Waals surface area contributed by atoms with Gasteiger partial charge in [-0.2, -0.15) is 11.3 Å². The molecule has 0 aliphatic carbocycles. The third-order valence-electron chi connectivity index (χ3n) is 1.99. The van der Waals surface area contributed by atoms with Gasteiger partial charge in [0.1, 0.15) is 0 Å². The summed E-state index contributed by atoms with van der Waals surface area (Å²) in [6.07, 6.45) is 0.364. The van der Waals surface area contributed by atoms with Crippen LogP contribution in [-0.4, -0.2) is 15.7 Å². The molecule has 0 aliphatic heterocycles. The van der Waals surface area contributed by atoms with E-state index in [2.05, 4.69) is 0 Å². The third kappa shape index (κ3) is 3.32. The van der Waals surface area contributed by atoms with Crippen molar-refractivity contribution in [3.05, 3.63) is 52.7 Å². The summed E-state index contributed by atoms with van der Waals surface area (Å²) in [6, 6.07) is 11.7. The number of hydrogen-bond donors (Lipinski definition) is 0. The molecule has 0 saturated heterocycles. The fraction of sp³-hybridized carbons (Fsp3) is 0.0833. The quantitative estimate of drug-likeness (QED) is 0.769. The van der Waals surface area contributed by atoms with E-state index in [1.165, 1.54) is 0 Å². The monoisotopic (exact) mass is 246 g/mol. The Kier molecular flexibility index (Phi) is 3.90. The summed E-state index contributed by atoms with van der Waals surface area (Å²) >= 11 is 1.59. The summed E-state index contributed by atoms with van der Waals surface area (Å²) in [5.74, 6) is -0.166. The summed E-state index contributed by atoms with van der Waals surface area (Å²) in [6.45, 7) is 0. The molecule has 80 valence electrons. The zero-order valence-electron chi connectivity index (χ0n) is 8.55. The lowest BCUT2D eigenvalue weighted by Gasteiger charge is -2.01. The molecule has 0 atom stereocenters. The van der Waals surface area contributed by atoms with Gasteiger partial charge in [-0.15, -0.1) is 0 Å². The molecule has 0 spiro atoms. The fourth-order valence-corrected chi connectivity index (χ4v) is 2.52. The maximum Gasteiger partial charge on any atom is 0.355 e. The Bertz CT molecular complexity index is 439. The number of carbonyl (C=O) groups is 1. The molecule has 0 unspecified atom stereocenters. The summed E-state index contributed by atoms with van der Waals surface area (Å²) in [4.78, 5) is 11.5. The fourth-order valence-electron chi connectivity index (χ4n) is 1.22. The van der Waals surface area contributed by atoms with Gasteiger partial charge in [-0.3, -0.25) is 4.79 Å². The highest BCUT2D eigenvalue weighted by atomic mass is 32.1.